The van der Waals surface area contributed by atoms with Crippen LogP contribution in [0.4, 0.5) is 5.69 Å². The third kappa shape index (κ3) is 5.59. The van der Waals surface area contributed by atoms with Gasteiger partial charge in [-0.05, 0) is 60.5 Å². The first kappa shape index (κ1) is 23.3. The molecule has 3 heterocycles. The number of benzene rings is 2. The molecule has 0 radical (unpaired) electrons. The molecule has 9 heteroatoms. The molecule has 2 aromatic carbocycles. The number of nitrogens with zero attached hydrogens (tertiary/aromatic N) is 4. The van der Waals surface area contributed by atoms with Crippen LogP contribution in [0.3, 0.4) is 0 Å². The first-order valence-electron chi connectivity index (χ1n) is 11.3. The summed E-state index contributed by atoms with van der Waals surface area (Å²) in [5, 5.41) is 10.2. The fraction of sp³-hybridized carbons (Fsp3) is 0.111. The lowest BCUT2D eigenvalue weighted by molar-refractivity contribution is -0.111. The quantitative estimate of drug-likeness (QED) is 0.318. The van der Waals surface area contributed by atoms with Crippen molar-refractivity contribution in [2.45, 2.75) is 20.1 Å². The zero-order valence-electron chi connectivity index (χ0n) is 19.5. The number of anilines is 1. The van der Waals surface area contributed by atoms with Gasteiger partial charge in [-0.15, -0.1) is 16.4 Å². The lowest BCUT2D eigenvalue weighted by atomic mass is 10.2. The summed E-state index contributed by atoms with van der Waals surface area (Å²) >= 11 is 1.60. The van der Waals surface area contributed by atoms with E-state index in [1.807, 2.05) is 60.8 Å². The Morgan fingerprint density at radius 2 is 1.97 bits per heavy atom. The van der Waals surface area contributed by atoms with Crippen molar-refractivity contribution in [1.82, 2.24) is 19.2 Å². The summed E-state index contributed by atoms with van der Waals surface area (Å²) in [4.78, 5) is 29.4. The zero-order chi connectivity index (χ0) is 24.9. The van der Waals surface area contributed by atoms with Crippen molar-refractivity contribution in [3.63, 3.8) is 0 Å². The molecule has 1 N–H and O–H groups in total. The average Bonchev–Trinajstić information content (AvgIpc) is 3.45. The maximum absolute atomic E-state index is 12.5. The number of pyridine rings is 1. The fourth-order valence-electron chi connectivity index (χ4n) is 3.65. The standard InChI is InChI=1S/C27H23N5O3S/c1-19-28-23(18-36-19)17-35-24-11-8-20(9-12-24)10-13-26(33)29-22-6-4-5-21(15-22)16-32-27(34)31-14-3-2-7-25(31)30-32/h2-15,18H,16-17H2,1H3,(H,29,33)/b13-10+. The van der Waals surface area contributed by atoms with Crippen LogP contribution in [-0.4, -0.2) is 25.1 Å². The number of amides is 1. The Bertz CT molecular complexity index is 1600. The molecule has 0 fully saturated rings. The van der Waals surface area contributed by atoms with E-state index in [0.717, 1.165) is 27.6 Å². The molecule has 1 amide bonds. The van der Waals surface area contributed by atoms with Crippen molar-refractivity contribution in [1.29, 1.82) is 0 Å². The SMILES string of the molecule is Cc1nc(COc2ccc(/C=C/C(=O)Nc3cccc(Cn4nc5ccccn5c4=O)c3)cc2)cs1. The predicted octanol–water partition coefficient (Wildman–Crippen LogP) is 4.54. The van der Waals surface area contributed by atoms with Gasteiger partial charge in [0.05, 0.1) is 17.2 Å². The van der Waals surface area contributed by atoms with Gasteiger partial charge in [-0.2, -0.15) is 0 Å². The van der Waals surface area contributed by atoms with E-state index in [0.29, 0.717) is 24.5 Å². The number of aryl methyl sites for hydroxylation is 1. The number of carbonyl (C=O) groups is 1. The molecular formula is C27H23N5O3S. The topological polar surface area (TPSA) is 90.5 Å². The molecule has 3 aromatic heterocycles. The van der Waals surface area contributed by atoms with Crippen LogP contribution in [0.25, 0.3) is 11.7 Å². The molecular weight excluding hydrogens is 474 g/mol. The monoisotopic (exact) mass is 497 g/mol. The first-order chi connectivity index (χ1) is 17.5. The van der Waals surface area contributed by atoms with Crippen molar-refractivity contribution in [3.8, 4) is 5.75 Å². The van der Waals surface area contributed by atoms with Crippen molar-refractivity contribution in [2.24, 2.45) is 0 Å². The second kappa shape index (κ2) is 10.4. The lowest BCUT2D eigenvalue weighted by Gasteiger charge is -2.06. The van der Waals surface area contributed by atoms with E-state index in [4.69, 9.17) is 4.74 Å². The highest BCUT2D eigenvalue weighted by molar-refractivity contribution is 7.09. The maximum Gasteiger partial charge on any atom is 0.350 e. The molecule has 0 aliphatic rings. The van der Waals surface area contributed by atoms with E-state index in [-0.39, 0.29) is 11.6 Å². The van der Waals surface area contributed by atoms with Gasteiger partial charge in [0, 0.05) is 23.3 Å². The van der Waals surface area contributed by atoms with Crippen LogP contribution in [0.15, 0.2) is 89.2 Å². The van der Waals surface area contributed by atoms with Crippen molar-refractivity contribution in [2.75, 3.05) is 5.32 Å². The molecule has 0 aliphatic carbocycles. The summed E-state index contributed by atoms with van der Waals surface area (Å²) in [6.07, 6.45) is 4.91. The number of hydrogen-bond acceptors (Lipinski definition) is 6. The van der Waals surface area contributed by atoms with E-state index in [9.17, 15) is 9.59 Å². The molecule has 0 unspecified atom stereocenters. The predicted molar refractivity (Wildman–Crippen MR) is 140 cm³/mol. The number of ether oxygens (including phenoxy) is 1. The summed E-state index contributed by atoms with van der Waals surface area (Å²) in [6, 6.07) is 20.3. The van der Waals surface area contributed by atoms with E-state index < -0.39 is 0 Å². The van der Waals surface area contributed by atoms with Gasteiger partial charge in [-0.3, -0.25) is 9.20 Å². The van der Waals surface area contributed by atoms with Crippen LogP contribution in [-0.2, 0) is 17.9 Å². The number of fused-ring (bicyclic) bond motifs is 1. The van der Waals surface area contributed by atoms with Gasteiger partial charge in [0.1, 0.15) is 12.4 Å². The zero-order valence-corrected chi connectivity index (χ0v) is 20.3. The summed E-state index contributed by atoms with van der Waals surface area (Å²) in [5.41, 5.74) is 3.66. The molecule has 0 atom stereocenters. The van der Waals surface area contributed by atoms with Gasteiger partial charge >= 0.3 is 5.69 Å². The molecule has 0 saturated heterocycles. The third-order valence-corrected chi connectivity index (χ3v) is 6.20. The second-order valence-corrected chi connectivity index (χ2v) is 9.17. The van der Waals surface area contributed by atoms with Crippen LogP contribution in [0.2, 0.25) is 0 Å². The highest BCUT2D eigenvalue weighted by Crippen LogP contribution is 2.17. The van der Waals surface area contributed by atoms with E-state index >= 15 is 0 Å². The summed E-state index contributed by atoms with van der Waals surface area (Å²) in [6.45, 7) is 2.69. The van der Waals surface area contributed by atoms with Crippen molar-refractivity contribution in [3.05, 3.63) is 117 Å². The number of thiazole rings is 1. The number of aromatic nitrogens is 4. The van der Waals surface area contributed by atoms with Gasteiger partial charge in [-0.1, -0.05) is 30.3 Å². The molecule has 0 spiro atoms. The number of nitrogens with one attached hydrogen (secondary N) is 1. The van der Waals surface area contributed by atoms with Gasteiger partial charge in [-0.25, -0.2) is 14.5 Å². The minimum atomic E-state index is -0.253. The highest BCUT2D eigenvalue weighted by Gasteiger charge is 2.07. The molecule has 0 aliphatic heterocycles. The Hall–Kier alpha value is -4.50. The summed E-state index contributed by atoms with van der Waals surface area (Å²) in [7, 11) is 0. The van der Waals surface area contributed by atoms with E-state index in [1.165, 1.54) is 15.2 Å². The fourth-order valence-corrected chi connectivity index (χ4v) is 4.25. The van der Waals surface area contributed by atoms with E-state index in [2.05, 4.69) is 15.4 Å². The van der Waals surface area contributed by atoms with Crippen LogP contribution >= 0.6 is 11.3 Å². The van der Waals surface area contributed by atoms with Crippen LogP contribution in [0.5, 0.6) is 5.75 Å². The minimum absolute atomic E-state index is 0.211. The summed E-state index contributed by atoms with van der Waals surface area (Å²) < 4.78 is 8.66. The van der Waals surface area contributed by atoms with Gasteiger partial charge in [0.15, 0.2) is 5.65 Å². The lowest BCUT2D eigenvalue weighted by Crippen LogP contribution is -2.21. The van der Waals surface area contributed by atoms with Gasteiger partial charge < -0.3 is 10.1 Å². The molecule has 0 bridgehead atoms. The molecule has 5 aromatic rings. The minimum Gasteiger partial charge on any atom is -0.487 e. The number of carbonyl (C=O) groups excluding carboxylic acids is 1. The Labute approximate surface area is 211 Å². The molecule has 0 saturated carbocycles. The molecule has 36 heavy (non-hydrogen) atoms. The van der Waals surface area contributed by atoms with E-state index in [1.54, 1.807) is 41.8 Å². The molecule has 5 rings (SSSR count). The summed E-state index contributed by atoms with van der Waals surface area (Å²) in [5.74, 6) is 0.486. The Morgan fingerprint density at radius 1 is 1.11 bits per heavy atom. The third-order valence-electron chi connectivity index (χ3n) is 5.38. The normalized spacial score (nSPS) is 11.2. The second-order valence-electron chi connectivity index (χ2n) is 8.11. The van der Waals surface area contributed by atoms with Crippen LogP contribution in [0, 0.1) is 6.92 Å². The smallest absolute Gasteiger partial charge is 0.350 e. The average molecular weight is 498 g/mol. The maximum atomic E-state index is 12.5. The van der Waals surface area contributed by atoms with Crippen LogP contribution < -0.4 is 15.7 Å². The Kier molecular flexibility index (Phi) is 6.72. The van der Waals surface area contributed by atoms with Crippen LogP contribution in [0.1, 0.15) is 21.8 Å². The number of rotatable bonds is 8. The highest BCUT2D eigenvalue weighted by atomic mass is 32.1. The molecule has 8 nitrogen and oxygen atoms in total. The van der Waals surface area contributed by atoms with Crippen molar-refractivity contribution < 1.29 is 9.53 Å². The molecule has 180 valence electrons. The van der Waals surface area contributed by atoms with Gasteiger partial charge in [0.2, 0.25) is 5.91 Å². The number of hydrogen-bond donors (Lipinski definition) is 1. The Morgan fingerprint density at radius 3 is 2.75 bits per heavy atom. The van der Waals surface area contributed by atoms with Gasteiger partial charge in [0.25, 0.3) is 0 Å². The largest absolute Gasteiger partial charge is 0.487 e. The Balaban J connectivity index is 1.18. The first-order valence-corrected chi connectivity index (χ1v) is 12.2. The van der Waals surface area contributed by atoms with Crippen molar-refractivity contribution >= 4 is 34.7 Å².